The molecule has 0 radical (unpaired) electrons. The number of aromatic amines is 1. The lowest BCUT2D eigenvalue weighted by Crippen LogP contribution is -2.39. The van der Waals surface area contributed by atoms with E-state index in [-0.39, 0.29) is 0 Å². The lowest BCUT2D eigenvalue weighted by Gasteiger charge is -2.31. The number of nitrogens with one attached hydrogen (secondary N) is 2. The van der Waals surface area contributed by atoms with Crippen LogP contribution in [0.2, 0.25) is 5.02 Å². The Morgan fingerprint density at radius 1 is 1.43 bits per heavy atom. The Labute approximate surface area is 129 Å². The highest BCUT2D eigenvalue weighted by molar-refractivity contribution is 6.33. The van der Waals surface area contributed by atoms with Crippen LogP contribution in [-0.4, -0.2) is 41.9 Å². The van der Waals surface area contributed by atoms with Crippen molar-refractivity contribution in [2.75, 3.05) is 31.6 Å². The van der Waals surface area contributed by atoms with Crippen molar-refractivity contribution in [3.63, 3.8) is 0 Å². The van der Waals surface area contributed by atoms with Gasteiger partial charge in [0.2, 0.25) is 5.95 Å². The Kier molecular flexibility index (Phi) is 4.41. The van der Waals surface area contributed by atoms with E-state index in [0.717, 1.165) is 37.0 Å². The summed E-state index contributed by atoms with van der Waals surface area (Å²) in [7, 11) is 2.00. The second-order valence-corrected chi connectivity index (χ2v) is 5.88. The van der Waals surface area contributed by atoms with Crippen LogP contribution in [0.5, 0.6) is 0 Å². The highest BCUT2D eigenvalue weighted by Crippen LogP contribution is 2.27. The number of benzene rings is 1. The zero-order chi connectivity index (χ0) is 14.7. The molecule has 1 atom stereocenters. The molecule has 1 saturated heterocycles. The van der Waals surface area contributed by atoms with Gasteiger partial charge in [0.15, 0.2) is 5.82 Å². The van der Waals surface area contributed by atoms with Crippen molar-refractivity contribution in [1.29, 1.82) is 0 Å². The number of aromatic nitrogens is 3. The molecular weight excluding hydrogens is 286 g/mol. The average molecular weight is 306 g/mol. The van der Waals surface area contributed by atoms with Gasteiger partial charge in [0, 0.05) is 18.7 Å². The number of rotatable bonds is 4. The molecule has 0 bridgehead atoms. The minimum atomic E-state index is 0.658. The fraction of sp³-hybridized carbons (Fsp3) is 0.467. The number of piperidine rings is 1. The van der Waals surface area contributed by atoms with Crippen molar-refractivity contribution in [2.45, 2.75) is 12.8 Å². The zero-order valence-corrected chi connectivity index (χ0v) is 12.9. The highest BCUT2D eigenvalue weighted by atomic mass is 35.5. The van der Waals surface area contributed by atoms with Crippen molar-refractivity contribution in [2.24, 2.45) is 5.92 Å². The third kappa shape index (κ3) is 3.19. The summed E-state index contributed by atoms with van der Waals surface area (Å²) in [5, 5.41) is 11.3. The number of nitrogens with zero attached hydrogens (tertiary/aromatic N) is 3. The summed E-state index contributed by atoms with van der Waals surface area (Å²) in [6.07, 6.45) is 2.45. The Hall–Kier alpha value is -1.59. The molecule has 1 aliphatic heterocycles. The van der Waals surface area contributed by atoms with Gasteiger partial charge < -0.3 is 10.2 Å². The molecule has 2 aromatic rings. The van der Waals surface area contributed by atoms with E-state index in [1.165, 1.54) is 12.8 Å². The average Bonchev–Trinajstić information content (AvgIpc) is 2.98. The minimum Gasteiger partial charge on any atom is -0.339 e. The van der Waals surface area contributed by atoms with Crippen molar-refractivity contribution >= 4 is 17.5 Å². The standard InChI is InChI=1S/C15H20ClN5/c1-17-9-11-5-4-8-21(10-11)15-18-14(19-20-15)12-6-2-3-7-13(12)16/h2-3,6-7,11,17H,4-5,8-10H2,1H3,(H,18,19,20). The summed E-state index contributed by atoms with van der Waals surface area (Å²) < 4.78 is 0. The number of H-pyrrole nitrogens is 1. The molecule has 0 spiro atoms. The fourth-order valence-electron chi connectivity index (χ4n) is 2.87. The molecule has 5 nitrogen and oxygen atoms in total. The van der Waals surface area contributed by atoms with Gasteiger partial charge in [-0.15, -0.1) is 5.10 Å². The third-order valence-electron chi connectivity index (χ3n) is 3.90. The second-order valence-electron chi connectivity index (χ2n) is 5.48. The molecule has 1 aromatic heterocycles. The molecule has 1 aromatic carbocycles. The summed E-state index contributed by atoms with van der Waals surface area (Å²) in [4.78, 5) is 6.87. The number of hydrogen-bond acceptors (Lipinski definition) is 4. The van der Waals surface area contributed by atoms with Crippen molar-refractivity contribution in [3.8, 4) is 11.4 Å². The van der Waals surface area contributed by atoms with Crippen molar-refractivity contribution in [3.05, 3.63) is 29.3 Å². The van der Waals surface area contributed by atoms with Crippen LogP contribution in [0.15, 0.2) is 24.3 Å². The molecule has 1 aliphatic rings. The van der Waals surface area contributed by atoms with E-state index in [2.05, 4.69) is 25.4 Å². The summed E-state index contributed by atoms with van der Waals surface area (Å²) in [6, 6.07) is 7.68. The quantitative estimate of drug-likeness (QED) is 0.911. The summed E-state index contributed by atoms with van der Waals surface area (Å²) >= 11 is 6.21. The van der Waals surface area contributed by atoms with E-state index >= 15 is 0 Å². The van der Waals surface area contributed by atoms with Crippen LogP contribution >= 0.6 is 11.6 Å². The molecular formula is C15H20ClN5. The largest absolute Gasteiger partial charge is 0.339 e. The molecule has 0 amide bonds. The highest BCUT2D eigenvalue weighted by Gasteiger charge is 2.22. The normalized spacial score (nSPS) is 19.0. The Bertz CT molecular complexity index is 595. The molecule has 1 unspecified atom stereocenters. The number of halogens is 1. The van der Waals surface area contributed by atoms with Crippen molar-refractivity contribution < 1.29 is 0 Å². The molecule has 21 heavy (non-hydrogen) atoms. The van der Waals surface area contributed by atoms with Gasteiger partial charge in [0.05, 0.1) is 5.02 Å². The fourth-order valence-corrected chi connectivity index (χ4v) is 3.10. The lowest BCUT2D eigenvalue weighted by molar-refractivity contribution is 0.399. The maximum atomic E-state index is 6.21. The van der Waals surface area contributed by atoms with Crippen LogP contribution < -0.4 is 10.2 Å². The van der Waals surface area contributed by atoms with E-state index in [1.54, 1.807) is 0 Å². The molecule has 0 saturated carbocycles. The van der Waals surface area contributed by atoms with E-state index in [4.69, 9.17) is 11.6 Å². The van der Waals surface area contributed by atoms with Gasteiger partial charge >= 0.3 is 0 Å². The second kappa shape index (κ2) is 6.45. The van der Waals surface area contributed by atoms with E-state index in [9.17, 15) is 0 Å². The van der Waals surface area contributed by atoms with E-state index in [0.29, 0.717) is 10.9 Å². The summed E-state index contributed by atoms with van der Waals surface area (Å²) in [5.41, 5.74) is 0.890. The van der Waals surface area contributed by atoms with E-state index < -0.39 is 0 Å². The van der Waals surface area contributed by atoms with Gasteiger partial charge in [0.25, 0.3) is 0 Å². The van der Waals surface area contributed by atoms with Crippen LogP contribution in [-0.2, 0) is 0 Å². The third-order valence-corrected chi connectivity index (χ3v) is 4.23. The SMILES string of the molecule is CNCC1CCCN(c2n[nH]c(-c3ccccc3Cl)n2)C1. The predicted molar refractivity (Wildman–Crippen MR) is 85.7 cm³/mol. The molecule has 112 valence electrons. The van der Waals surface area contributed by atoms with Gasteiger partial charge in [-0.1, -0.05) is 23.7 Å². The van der Waals surface area contributed by atoms with Crippen molar-refractivity contribution in [1.82, 2.24) is 20.5 Å². The van der Waals surface area contributed by atoms with Gasteiger partial charge in [-0.05, 0) is 44.5 Å². The van der Waals surface area contributed by atoms with Gasteiger partial charge in [-0.2, -0.15) is 4.98 Å². The Morgan fingerprint density at radius 2 is 2.29 bits per heavy atom. The first kappa shape index (κ1) is 14.4. The molecule has 3 rings (SSSR count). The van der Waals surface area contributed by atoms with Crippen LogP contribution in [0.25, 0.3) is 11.4 Å². The summed E-state index contributed by atoms with van der Waals surface area (Å²) in [6.45, 7) is 3.05. The monoisotopic (exact) mass is 305 g/mol. The maximum Gasteiger partial charge on any atom is 0.245 e. The number of anilines is 1. The zero-order valence-electron chi connectivity index (χ0n) is 12.1. The first-order valence-corrected chi connectivity index (χ1v) is 7.72. The van der Waals surface area contributed by atoms with Gasteiger partial charge in [0.1, 0.15) is 0 Å². The van der Waals surface area contributed by atoms with Crippen LogP contribution in [0.4, 0.5) is 5.95 Å². The minimum absolute atomic E-state index is 0.658. The van der Waals surface area contributed by atoms with Gasteiger partial charge in [-0.25, -0.2) is 0 Å². The first-order chi connectivity index (χ1) is 10.3. The Balaban J connectivity index is 1.77. The van der Waals surface area contributed by atoms with Crippen LogP contribution in [0, 0.1) is 5.92 Å². The Morgan fingerprint density at radius 3 is 3.10 bits per heavy atom. The topological polar surface area (TPSA) is 56.8 Å². The lowest BCUT2D eigenvalue weighted by atomic mass is 9.98. The van der Waals surface area contributed by atoms with Crippen LogP contribution in [0.3, 0.4) is 0 Å². The number of hydrogen-bond donors (Lipinski definition) is 2. The van der Waals surface area contributed by atoms with Gasteiger partial charge in [-0.3, -0.25) is 5.10 Å². The molecule has 2 N–H and O–H groups in total. The summed E-state index contributed by atoms with van der Waals surface area (Å²) in [5.74, 6) is 2.16. The van der Waals surface area contributed by atoms with E-state index in [1.807, 2.05) is 31.3 Å². The molecule has 0 aliphatic carbocycles. The molecule has 6 heteroatoms. The van der Waals surface area contributed by atoms with Crippen LogP contribution in [0.1, 0.15) is 12.8 Å². The molecule has 2 heterocycles. The predicted octanol–water partition coefficient (Wildman–Crippen LogP) is 2.56. The maximum absolute atomic E-state index is 6.21. The first-order valence-electron chi connectivity index (χ1n) is 7.35. The smallest absolute Gasteiger partial charge is 0.245 e. The molecule has 1 fully saturated rings.